The van der Waals surface area contributed by atoms with Crippen LogP contribution >= 0.6 is 0 Å². The fourth-order valence-electron chi connectivity index (χ4n) is 2.02. The molecule has 2 nitrogen and oxygen atoms in total. The van der Waals surface area contributed by atoms with Gasteiger partial charge in [0.2, 0.25) is 0 Å². The van der Waals surface area contributed by atoms with Gasteiger partial charge in [0.15, 0.2) is 0 Å². The van der Waals surface area contributed by atoms with Gasteiger partial charge in [-0.3, -0.25) is 4.79 Å². The van der Waals surface area contributed by atoms with Gasteiger partial charge >= 0.3 is 5.97 Å². The molecule has 0 atom stereocenters. The predicted molar refractivity (Wildman–Crippen MR) is 77.9 cm³/mol. The Morgan fingerprint density at radius 2 is 1.33 bits per heavy atom. The van der Waals surface area contributed by atoms with Gasteiger partial charge in [0.05, 0.1) is 0 Å². The van der Waals surface area contributed by atoms with Crippen molar-refractivity contribution in [2.75, 3.05) is 0 Å². The summed E-state index contributed by atoms with van der Waals surface area (Å²) in [6.07, 6.45) is 18.4. The molecule has 0 aromatic heterocycles. The number of rotatable bonds is 13. The van der Waals surface area contributed by atoms with Gasteiger partial charge in [-0.15, -0.1) is 0 Å². The highest BCUT2D eigenvalue weighted by Crippen LogP contribution is 2.10. The molecule has 0 saturated heterocycles. The lowest BCUT2D eigenvalue weighted by Crippen LogP contribution is -1.91. The van der Waals surface area contributed by atoms with E-state index in [1.807, 2.05) is 6.08 Å². The fraction of sp³-hybridized carbons (Fsp3) is 0.812. The summed E-state index contributed by atoms with van der Waals surface area (Å²) in [5.74, 6) is -0.706. The monoisotopic (exact) mass is 254 g/mol. The van der Waals surface area contributed by atoms with E-state index in [1.165, 1.54) is 57.8 Å². The van der Waals surface area contributed by atoms with E-state index in [0.29, 0.717) is 6.42 Å². The summed E-state index contributed by atoms with van der Waals surface area (Å²) in [6.45, 7) is 2.25. The number of carboxylic acid groups (broad SMARTS) is 1. The first-order valence-electron chi connectivity index (χ1n) is 7.64. The SMILES string of the molecule is CCCCCCCCCCC/C=C/CCC(=O)O. The van der Waals surface area contributed by atoms with Crippen LogP contribution in [-0.4, -0.2) is 11.1 Å². The van der Waals surface area contributed by atoms with Crippen LogP contribution in [0.25, 0.3) is 0 Å². The van der Waals surface area contributed by atoms with Gasteiger partial charge in [-0.1, -0.05) is 70.4 Å². The first-order chi connectivity index (χ1) is 8.77. The average molecular weight is 254 g/mol. The summed E-state index contributed by atoms with van der Waals surface area (Å²) in [6, 6.07) is 0. The number of carbonyl (C=O) groups is 1. The van der Waals surface area contributed by atoms with Crippen LogP contribution in [0.4, 0.5) is 0 Å². The van der Waals surface area contributed by atoms with Gasteiger partial charge < -0.3 is 5.11 Å². The molecule has 0 aliphatic carbocycles. The van der Waals surface area contributed by atoms with Crippen molar-refractivity contribution in [1.29, 1.82) is 0 Å². The second kappa shape index (κ2) is 14.3. The number of allylic oxidation sites excluding steroid dienone is 2. The third-order valence-electron chi connectivity index (χ3n) is 3.17. The molecule has 0 unspecified atom stereocenters. The highest BCUT2D eigenvalue weighted by molar-refractivity contribution is 5.66. The Balaban J connectivity index is 3.04. The minimum Gasteiger partial charge on any atom is -0.481 e. The first-order valence-corrected chi connectivity index (χ1v) is 7.64. The Morgan fingerprint density at radius 1 is 0.833 bits per heavy atom. The van der Waals surface area contributed by atoms with Crippen molar-refractivity contribution < 1.29 is 9.90 Å². The number of hydrogen-bond acceptors (Lipinski definition) is 1. The van der Waals surface area contributed by atoms with E-state index in [0.717, 1.165) is 6.42 Å². The molecule has 0 radical (unpaired) electrons. The van der Waals surface area contributed by atoms with Gasteiger partial charge in [-0.25, -0.2) is 0 Å². The fourth-order valence-corrected chi connectivity index (χ4v) is 2.02. The molecule has 0 aromatic rings. The minimum absolute atomic E-state index is 0.258. The predicted octanol–water partition coefficient (Wildman–Crippen LogP) is 5.33. The van der Waals surface area contributed by atoms with Crippen LogP contribution in [0.3, 0.4) is 0 Å². The first kappa shape index (κ1) is 17.2. The van der Waals surface area contributed by atoms with Crippen molar-refractivity contribution >= 4 is 5.97 Å². The Morgan fingerprint density at radius 3 is 1.89 bits per heavy atom. The molecule has 0 aliphatic heterocycles. The summed E-state index contributed by atoms with van der Waals surface area (Å²) in [5, 5.41) is 8.46. The maximum Gasteiger partial charge on any atom is 0.303 e. The standard InChI is InChI=1S/C16H30O2/c1-2-3-4-5-6-7-8-9-10-11-12-13-14-15-16(17)18/h12-13H,2-11,14-15H2,1H3,(H,17,18)/b13-12+. The lowest BCUT2D eigenvalue weighted by Gasteiger charge is -2.00. The van der Waals surface area contributed by atoms with Crippen LogP contribution in [0, 0.1) is 0 Å². The van der Waals surface area contributed by atoms with Gasteiger partial charge in [0.25, 0.3) is 0 Å². The smallest absolute Gasteiger partial charge is 0.303 e. The van der Waals surface area contributed by atoms with Crippen molar-refractivity contribution in [3.05, 3.63) is 12.2 Å². The van der Waals surface area contributed by atoms with Crippen LogP contribution in [0.1, 0.15) is 84.0 Å². The summed E-state index contributed by atoms with van der Waals surface area (Å²) in [5.41, 5.74) is 0. The van der Waals surface area contributed by atoms with Crippen LogP contribution in [0.2, 0.25) is 0 Å². The molecule has 0 bridgehead atoms. The summed E-state index contributed by atoms with van der Waals surface area (Å²) >= 11 is 0. The Bertz CT molecular complexity index is 209. The van der Waals surface area contributed by atoms with E-state index in [4.69, 9.17) is 5.11 Å². The van der Waals surface area contributed by atoms with Crippen molar-refractivity contribution in [1.82, 2.24) is 0 Å². The lowest BCUT2D eigenvalue weighted by molar-refractivity contribution is -0.136. The maximum absolute atomic E-state index is 10.3. The Labute approximate surface area is 112 Å². The molecular formula is C16H30O2. The number of unbranched alkanes of at least 4 members (excludes halogenated alkanes) is 9. The molecule has 0 spiro atoms. The van der Waals surface area contributed by atoms with Crippen molar-refractivity contribution in [2.45, 2.75) is 84.0 Å². The molecule has 2 heteroatoms. The summed E-state index contributed by atoms with van der Waals surface area (Å²) in [7, 11) is 0. The highest BCUT2D eigenvalue weighted by Gasteiger charge is 1.92. The lowest BCUT2D eigenvalue weighted by atomic mass is 10.1. The summed E-state index contributed by atoms with van der Waals surface area (Å²) in [4.78, 5) is 10.3. The average Bonchev–Trinajstić information content (AvgIpc) is 2.34. The molecule has 0 fully saturated rings. The van der Waals surface area contributed by atoms with E-state index < -0.39 is 5.97 Å². The number of carboxylic acids is 1. The molecule has 106 valence electrons. The van der Waals surface area contributed by atoms with Crippen molar-refractivity contribution in [3.63, 3.8) is 0 Å². The zero-order valence-corrected chi connectivity index (χ0v) is 12.0. The zero-order chi connectivity index (χ0) is 13.5. The quantitative estimate of drug-likeness (QED) is 0.356. The van der Waals surface area contributed by atoms with E-state index in [1.54, 1.807) is 0 Å². The van der Waals surface area contributed by atoms with Crippen LogP contribution in [-0.2, 0) is 4.79 Å². The molecule has 0 rings (SSSR count). The molecule has 1 N–H and O–H groups in total. The molecule has 0 saturated carbocycles. The second-order valence-corrected chi connectivity index (χ2v) is 5.02. The topological polar surface area (TPSA) is 37.3 Å². The third kappa shape index (κ3) is 15.2. The number of hydrogen-bond donors (Lipinski definition) is 1. The van der Waals surface area contributed by atoms with E-state index in [2.05, 4.69) is 13.0 Å². The second-order valence-electron chi connectivity index (χ2n) is 5.02. The normalized spacial score (nSPS) is 11.2. The van der Waals surface area contributed by atoms with E-state index >= 15 is 0 Å². The van der Waals surface area contributed by atoms with E-state index in [-0.39, 0.29) is 6.42 Å². The van der Waals surface area contributed by atoms with Gasteiger partial charge in [-0.2, -0.15) is 0 Å². The number of aliphatic carboxylic acids is 1. The molecule has 0 aliphatic rings. The van der Waals surface area contributed by atoms with Crippen molar-refractivity contribution in [2.24, 2.45) is 0 Å². The van der Waals surface area contributed by atoms with Crippen LogP contribution < -0.4 is 0 Å². The van der Waals surface area contributed by atoms with Gasteiger partial charge in [0.1, 0.15) is 0 Å². The summed E-state index contributed by atoms with van der Waals surface area (Å²) < 4.78 is 0. The Kier molecular flexibility index (Phi) is 13.6. The van der Waals surface area contributed by atoms with E-state index in [9.17, 15) is 4.79 Å². The molecule has 0 aromatic carbocycles. The van der Waals surface area contributed by atoms with Gasteiger partial charge in [-0.05, 0) is 19.3 Å². The highest BCUT2D eigenvalue weighted by atomic mass is 16.4. The van der Waals surface area contributed by atoms with Crippen LogP contribution in [0.15, 0.2) is 12.2 Å². The zero-order valence-electron chi connectivity index (χ0n) is 12.0. The van der Waals surface area contributed by atoms with Crippen molar-refractivity contribution in [3.8, 4) is 0 Å². The van der Waals surface area contributed by atoms with Crippen LogP contribution in [0.5, 0.6) is 0 Å². The maximum atomic E-state index is 10.3. The minimum atomic E-state index is -0.706. The molecular weight excluding hydrogens is 224 g/mol. The molecule has 0 heterocycles. The molecule has 0 amide bonds. The van der Waals surface area contributed by atoms with Gasteiger partial charge in [0, 0.05) is 6.42 Å². The Hall–Kier alpha value is -0.790. The molecule has 18 heavy (non-hydrogen) atoms. The largest absolute Gasteiger partial charge is 0.481 e. The third-order valence-corrected chi connectivity index (χ3v) is 3.17.